The van der Waals surface area contributed by atoms with E-state index in [0.717, 1.165) is 10.3 Å². The number of carbonyl (C=O) groups is 1. The third kappa shape index (κ3) is 4.59. The van der Waals surface area contributed by atoms with Gasteiger partial charge in [-0.2, -0.15) is 0 Å². The standard InChI is InChI=1S/C8H11BrN2O2S/c9-7-3-6(5-14-7)4-11-1-2-13-8(10)12/h3,5,11H,1-2,4H2,(H2,10,12). The second kappa shape index (κ2) is 6.00. The average Bonchev–Trinajstić information content (AvgIpc) is 2.50. The number of halogens is 1. The van der Waals surface area contributed by atoms with Crippen molar-refractivity contribution in [2.24, 2.45) is 5.73 Å². The molecule has 0 aliphatic rings. The average molecular weight is 279 g/mol. The summed E-state index contributed by atoms with van der Waals surface area (Å²) in [5.41, 5.74) is 6.00. The van der Waals surface area contributed by atoms with Gasteiger partial charge in [0, 0.05) is 13.1 Å². The number of primary amides is 1. The number of carbonyl (C=O) groups excluding carboxylic acids is 1. The highest BCUT2D eigenvalue weighted by Gasteiger charge is 1.97. The lowest BCUT2D eigenvalue weighted by molar-refractivity contribution is 0.157. The van der Waals surface area contributed by atoms with Crippen molar-refractivity contribution < 1.29 is 9.53 Å². The molecule has 14 heavy (non-hydrogen) atoms. The van der Waals surface area contributed by atoms with E-state index in [9.17, 15) is 4.79 Å². The first-order valence-corrected chi connectivity index (χ1v) is 5.71. The highest BCUT2D eigenvalue weighted by atomic mass is 79.9. The van der Waals surface area contributed by atoms with Crippen molar-refractivity contribution in [2.75, 3.05) is 13.2 Å². The van der Waals surface area contributed by atoms with Crippen LogP contribution in [0.15, 0.2) is 15.2 Å². The number of hydrogen-bond acceptors (Lipinski definition) is 4. The van der Waals surface area contributed by atoms with Crippen molar-refractivity contribution in [3.8, 4) is 0 Å². The van der Waals surface area contributed by atoms with Gasteiger partial charge in [0.25, 0.3) is 0 Å². The van der Waals surface area contributed by atoms with Gasteiger partial charge < -0.3 is 15.8 Å². The predicted molar refractivity (Wildman–Crippen MR) is 59.3 cm³/mol. The van der Waals surface area contributed by atoms with Crippen molar-refractivity contribution in [3.05, 3.63) is 20.8 Å². The second-order valence-corrected chi connectivity index (χ2v) is 4.89. The van der Waals surface area contributed by atoms with E-state index in [4.69, 9.17) is 5.73 Å². The Kier molecular flexibility index (Phi) is 4.92. The molecule has 0 fully saturated rings. The SMILES string of the molecule is NC(=O)OCCNCc1csc(Br)c1. The Bertz CT molecular complexity index is 303. The van der Waals surface area contributed by atoms with Crippen LogP contribution in [0.1, 0.15) is 5.56 Å². The fourth-order valence-electron chi connectivity index (χ4n) is 0.895. The summed E-state index contributed by atoms with van der Waals surface area (Å²) < 4.78 is 5.67. The number of ether oxygens (including phenoxy) is 1. The van der Waals surface area contributed by atoms with Crippen molar-refractivity contribution >= 4 is 33.4 Å². The molecule has 0 bridgehead atoms. The lowest BCUT2D eigenvalue weighted by Gasteiger charge is -2.02. The van der Waals surface area contributed by atoms with E-state index < -0.39 is 6.09 Å². The lowest BCUT2D eigenvalue weighted by atomic mass is 10.3. The summed E-state index contributed by atoms with van der Waals surface area (Å²) >= 11 is 5.02. The van der Waals surface area contributed by atoms with Gasteiger partial charge in [-0.25, -0.2) is 4.79 Å². The molecule has 1 heterocycles. The van der Waals surface area contributed by atoms with Gasteiger partial charge in [0.2, 0.25) is 0 Å². The zero-order chi connectivity index (χ0) is 10.4. The van der Waals surface area contributed by atoms with Crippen LogP contribution < -0.4 is 11.1 Å². The van der Waals surface area contributed by atoms with Crippen molar-refractivity contribution in [2.45, 2.75) is 6.54 Å². The largest absolute Gasteiger partial charge is 0.448 e. The fourth-order valence-corrected chi connectivity index (χ4v) is 2.10. The first-order valence-electron chi connectivity index (χ1n) is 4.04. The quantitative estimate of drug-likeness (QED) is 0.806. The highest BCUT2D eigenvalue weighted by Crippen LogP contribution is 2.20. The second-order valence-electron chi connectivity index (χ2n) is 2.60. The number of hydrogen-bond donors (Lipinski definition) is 2. The molecular weight excluding hydrogens is 268 g/mol. The number of amides is 1. The molecule has 1 aromatic heterocycles. The Labute approximate surface area is 94.6 Å². The summed E-state index contributed by atoms with van der Waals surface area (Å²) in [7, 11) is 0. The molecule has 1 amide bonds. The minimum Gasteiger partial charge on any atom is -0.448 e. The molecule has 0 aromatic carbocycles. The summed E-state index contributed by atoms with van der Waals surface area (Å²) in [5, 5.41) is 5.18. The summed E-state index contributed by atoms with van der Waals surface area (Å²) in [6, 6.07) is 2.05. The third-order valence-corrected chi connectivity index (χ3v) is 3.03. The molecular formula is C8H11BrN2O2S. The Balaban J connectivity index is 2.07. The van der Waals surface area contributed by atoms with Gasteiger partial charge in [-0.3, -0.25) is 0 Å². The minimum absolute atomic E-state index is 0.306. The smallest absolute Gasteiger partial charge is 0.404 e. The van der Waals surface area contributed by atoms with E-state index >= 15 is 0 Å². The van der Waals surface area contributed by atoms with Crippen LogP contribution in [0, 0.1) is 0 Å². The molecule has 1 aromatic rings. The molecule has 1 rings (SSSR count). The molecule has 0 aliphatic heterocycles. The van der Waals surface area contributed by atoms with Crippen molar-refractivity contribution in [1.29, 1.82) is 0 Å². The van der Waals surface area contributed by atoms with Crippen molar-refractivity contribution in [1.82, 2.24) is 5.32 Å². The summed E-state index contributed by atoms with van der Waals surface area (Å²) in [6.45, 7) is 1.68. The number of nitrogens with one attached hydrogen (secondary N) is 1. The van der Waals surface area contributed by atoms with Gasteiger partial charge in [0.05, 0.1) is 3.79 Å². The number of rotatable bonds is 5. The topological polar surface area (TPSA) is 64.4 Å². The highest BCUT2D eigenvalue weighted by molar-refractivity contribution is 9.11. The fraction of sp³-hybridized carbons (Fsp3) is 0.375. The van der Waals surface area contributed by atoms with E-state index in [1.165, 1.54) is 5.56 Å². The molecule has 78 valence electrons. The number of nitrogens with two attached hydrogens (primary N) is 1. The maximum Gasteiger partial charge on any atom is 0.404 e. The van der Waals surface area contributed by atoms with Crippen LogP contribution in [0.25, 0.3) is 0 Å². The summed E-state index contributed by atoms with van der Waals surface area (Å²) in [5.74, 6) is 0. The van der Waals surface area contributed by atoms with E-state index in [1.54, 1.807) is 11.3 Å². The Morgan fingerprint density at radius 1 is 1.71 bits per heavy atom. The van der Waals surface area contributed by atoms with Crippen molar-refractivity contribution in [3.63, 3.8) is 0 Å². The first-order chi connectivity index (χ1) is 6.68. The molecule has 0 radical (unpaired) electrons. The van der Waals surface area contributed by atoms with E-state index in [0.29, 0.717) is 13.2 Å². The normalized spacial score (nSPS) is 10.1. The molecule has 0 saturated heterocycles. The van der Waals surface area contributed by atoms with Crippen LogP contribution in [0.2, 0.25) is 0 Å². The molecule has 0 aliphatic carbocycles. The van der Waals surface area contributed by atoms with Gasteiger partial charge in [-0.05, 0) is 32.9 Å². The molecule has 0 atom stereocenters. The van der Waals surface area contributed by atoms with Crippen LogP contribution in [-0.4, -0.2) is 19.2 Å². The predicted octanol–water partition coefficient (Wildman–Crippen LogP) is 1.70. The minimum atomic E-state index is -0.731. The van der Waals surface area contributed by atoms with Gasteiger partial charge in [-0.15, -0.1) is 11.3 Å². The van der Waals surface area contributed by atoms with Crippen LogP contribution in [-0.2, 0) is 11.3 Å². The molecule has 4 nitrogen and oxygen atoms in total. The zero-order valence-electron chi connectivity index (χ0n) is 7.46. The van der Waals surface area contributed by atoms with E-state index in [1.807, 2.05) is 6.07 Å². The van der Waals surface area contributed by atoms with E-state index in [-0.39, 0.29) is 0 Å². The molecule has 3 N–H and O–H groups in total. The Morgan fingerprint density at radius 3 is 3.07 bits per heavy atom. The van der Waals surface area contributed by atoms with Gasteiger partial charge >= 0.3 is 6.09 Å². The Hall–Kier alpha value is -0.590. The zero-order valence-corrected chi connectivity index (χ0v) is 9.86. The molecule has 0 unspecified atom stereocenters. The molecule has 6 heteroatoms. The van der Waals surface area contributed by atoms with E-state index in [2.05, 4.69) is 31.4 Å². The summed E-state index contributed by atoms with van der Waals surface area (Å²) in [4.78, 5) is 10.2. The number of thiophene rings is 1. The van der Waals surface area contributed by atoms with Crippen LogP contribution in [0.3, 0.4) is 0 Å². The van der Waals surface area contributed by atoms with Crippen LogP contribution in [0.4, 0.5) is 4.79 Å². The molecule has 0 saturated carbocycles. The monoisotopic (exact) mass is 278 g/mol. The summed E-state index contributed by atoms with van der Waals surface area (Å²) in [6.07, 6.45) is -0.731. The Morgan fingerprint density at radius 2 is 2.50 bits per heavy atom. The van der Waals surface area contributed by atoms with Gasteiger partial charge in [-0.1, -0.05) is 0 Å². The first kappa shape index (κ1) is 11.5. The lowest BCUT2D eigenvalue weighted by Crippen LogP contribution is -2.23. The van der Waals surface area contributed by atoms with Crippen LogP contribution >= 0.6 is 27.3 Å². The van der Waals surface area contributed by atoms with Gasteiger partial charge in [0.15, 0.2) is 0 Å². The maximum absolute atomic E-state index is 10.2. The van der Waals surface area contributed by atoms with Crippen LogP contribution in [0.5, 0.6) is 0 Å². The maximum atomic E-state index is 10.2. The third-order valence-electron chi connectivity index (χ3n) is 1.47. The molecule has 0 spiro atoms. The van der Waals surface area contributed by atoms with Gasteiger partial charge in [0.1, 0.15) is 6.61 Å².